The van der Waals surface area contributed by atoms with Crippen molar-refractivity contribution in [3.8, 4) is 5.88 Å². The van der Waals surface area contributed by atoms with E-state index in [0.717, 1.165) is 83.0 Å². The number of ketones is 1. The minimum absolute atomic E-state index is 0.0332. The molecule has 0 bridgehead atoms. The topological polar surface area (TPSA) is 133 Å². The van der Waals surface area contributed by atoms with Crippen LogP contribution in [0.5, 0.6) is 5.88 Å². The summed E-state index contributed by atoms with van der Waals surface area (Å²) in [5.41, 5.74) is 8.61. The Labute approximate surface area is 335 Å². The van der Waals surface area contributed by atoms with Crippen LogP contribution in [0.3, 0.4) is 0 Å². The van der Waals surface area contributed by atoms with Crippen LogP contribution in [0.1, 0.15) is 79.8 Å². The highest BCUT2D eigenvalue weighted by Crippen LogP contribution is 2.40. The maximum absolute atomic E-state index is 13.3. The van der Waals surface area contributed by atoms with Crippen molar-refractivity contribution in [1.29, 1.82) is 0 Å². The lowest BCUT2D eigenvalue weighted by molar-refractivity contribution is -0.130. The van der Waals surface area contributed by atoms with Crippen LogP contribution >= 0.6 is 0 Å². The second-order valence-electron chi connectivity index (χ2n) is 16.3. The molecule has 300 valence electrons. The molecule has 1 fully saturated rings. The molecule has 7 rings (SSSR count). The maximum atomic E-state index is 13.3. The van der Waals surface area contributed by atoms with Crippen molar-refractivity contribution in [2.75, 3.05) is 65.9 Å². The molecule has 4 aromatic rings. The average Bonchev–Trinajstić information content (AvgIpc) is 3.20. The normalized spacial score (nSPS) is 15.5. The highest BCUT2D eigenvalue weighted by Gasteiger charge is 2.33. The SMILES string of the molecule is CCc1cc(N2CCN(C(=O)Cc3ccc(Nc4ncc5c(n4)CN(c4cnc6c(c4C)N(C(=O)OC(C)(C)C)CCO6)CC5)cc3)CC2)ccc1C(=O)C(C)C. The number of benzene rings is 2. The van der Waals surface area contributed by atoms with Crippen LogP contribution in [0.15, 0.2) is 54.9 Å². The fourth-order valence-corrected chi connectivity index (χ4v) is 7.67. The van der Waals surface area contributed by atoms with Gasteiger partial charge in [-0.25, -0.2) is 19.7 Å². The average molecular weight is 775 g/mol. The van der Waals surface area contributed by atoms with Crippen molar-refractivity contribution >= 4 is 46.5 Å². The quantitative estimate of drug-likeness (QED) is 0.178. The molecule has 13 heteroatoms. The highest BCUT2D eigenvalue weighted by molar-refractivity contribution is 5.99. The lowest BCUT2D eigenvalue weighted by Gasteiger charge is -2.36. The summed E-state index contributed by atoms with van der Waals surface area (Å²) < 4.78 is 11.5. The molecule has 0 unspecified atom stereocenters. The smallest absolute Gasteiger partial charge is 0.415 e. The zero-order valence-corrected chi connectivity index (χ0v) is 34.2. The van der Waals surface area contributed by atoms with Gasteiger partial charge in [0.2, 0.25) is 17.7 Å². The van der Waals surface area contributed by atoms with Crippen LogP contribution in [0, 0.1) is 12.8 Å². The van der Waals surface area contributed by atoms with Crippen molar-refractivity contribution < 1.29 is 23.9 Å². The Morgan fingerprint density at radius 2 is 1.68 bits per heavy atom. The Balaban J connectivity index is 0.948. The number of Topliss-reactive ketones (excluding diaryl/α,β-unsaturated/α-hetero) is 1. The predicted molar refractivity (Wildman–Crippen MR) is 222 cm³/mol. The van der Waals surface area contributed by atoms with Crippen LogP contribution in [-0.4, -0.2) is 89.1 Å². The number of ether oxygens (including phenoxy) is 2. The van der Waals surface area contributed by atoms with E-state index in [-0.39, 0.29) is 17.6 Å². The summed E-state index contributed by atoms with van der Waals surface area (Å²) in [6, 6.07) is 14.0. The zero-order valence-electron chi connectivity index (χ0n) is 34.2. The highest BCUT2D eigenvalue weighted by atomic mass is 16.6. The molecule has 0 saturated carbocycles. The van der Waals surface area contributed by atoms with Gasteiger partial charge < -0.3 is 29.5 Å². The molecule has 0 atom stereocenters. The van der Waals surface area contributed by atoms with Gasteiger partial charge in [-0.1, -0.05) is 32.9 Å². The lowest BCUT2D eigenvalue weighted by Crippen LogP contribution is -2.49. The largest absolute Gasteiger partial charge is 0.474 e. The lowest BCUT2D eigenvalue weighted by atomic mass is 9.94. The number of anilines is 5. The number of hydrogen-bond acceptors (Lipinski definition) is 11. The monoisotopic (exact) mass is 774 g/mol. The molecule has 3 aliphatic rings. The molecule has 13 nitrogen and oxygen atoms in total. The summed E-state index contributed by atoms with van der Waals surface area (Å²) in [6.45, 7) is 18.4. The summed E-state index contributed by atoms with van der Waals surface area (Å²) in [7, 11) is 0. The molecule has 1 saturated heterocycles. The van der Waals surface area contributed by atoms with E-state index in [9.17, 15) is 14.4 Å². The number of carbonyl (C=O) groups excluding carboxylic acids is 3. The predicted octanol–water partition coefficient (Wildman–Crippen LogP) is 6.91. The number of piperazine rings is 1. The number of carbonyl (C=O) groups is 3. The minimum Gasteiger partial charge on any atom is -0.474 e. The van der Waals surface area contributed by atoms with Gasteiger partial charge in [0.05, 0.1) is 37.1 Å². The maximum Gasteiger partial charge on any atom is 0.415 e. The molecule has 2 aromatic heterocycles. The first-order chi connectivity index (χ1) is 27.3. The molecule has 5 heterocycles. The second-order valence-corrected chi connectivity index (χ2v) is 16.3. The van der Waals surface area contributed by atoms with E-state index in [4.69, 9.17) is 14.5 Å². The van der Waals surface area contributed by atoms with E-state index >= 15 is 0 Å². The van der Waals surface area contributed by atoms with E-state index in [1.54, 1.807) is 4.90 Å². The van der Waals surface area contributed by atoms with Crippen LogP contribution in [0.25, 0.3) is 0 Å². The molecule has 2 amide bonds. The Bertz CT molecular complexity index is 2140. The van der Waals surface area contributed by atoms with Crippen molar-refractivity contribution in [1.82, 2.24) is 19.9 Å². The fraction of sp³-hybridized carbons (Fsp3) is 0.455. The second kappa shape index (κ2) is 16.4. The fourth-order valence-electron chi connectivity index (χ4n) is 7.67. The summed E-state index contributed by atoms with van der Waals surface area (Å²) in [5, 5.41) is 3.34. The summed E-state index contributed by atoms with van der Waals surface area (Å²) in [4.78, 5) is 61.4. The Hall–Kier alpha value is -5.72. The van der Waals surface area contributed by atoms with E-state index in [1.165, 1.54) is 0 Å². The van der Waals surface area contributed by atoms with Crippen molar-refractivity contribution in [2.24, 2.45) is 5.92 Å². The third-order valence-electron chi connectivity index (χ3n) is 10.8. The Kier molecular flexibility index (Phi) is 11.4. The van der Waals surface area contributed by atoms with E-state index in [1.807, 2.05) is 95.2 Å². The number of nitrogens with zero attached hydrogens (tertiary/aromatic N) is 7. The van der Waals surface area contributed by atoms with E-state index in [2.05, 4.69) is 38.1 Å². The van der Waals surface area contributed by atoms with Gasteiger partial charge in [-0.3, -0.25) is 14.5 Å². The van der Waals surface area contributed by atoms with Gasteiger partial charge in [0, 0.05) is 67.3 Å². The van der Waals surface area contributed by atoms with Crippen molar-refractivity contribution in [3.05, 3.63) is 88.4 Å². The van der Waals surface area contributed by atoms with Crippen LogP contribution in [-0.2, 0) is 35.3 Å². The first-order valence-electron chi connectivity index (χ1n) is 20.1. The number of amides is 2. The third-order valence-corrected chi connectivity index (χ3v) is 10.8. The molecule has 0 radical (unpaired) electrons. The molecule has 1 N–H and O–H groups in total. The number of nitrogens with one attached hydrogen (secondary N) is 1. The molecular weight excluding hydrogens is 721 g/mol. The van der Waals surface area contributed by atoms with Crippen molar-refractivity contribution in [2.45, 2.75) is 79.9 Å². The number of hydrogen-bond donors (Lipinski definition) is 1. The number of fused-ring (bicyclic) bond motifs is 2. The van der Waals surface area contributed by atoms with E-state index < -0.39 is 11.7 Å². The third kappa shape index (κ3) is 8.82. The van der Waals surface area contributed by atoms with Crippen LogP contribution in [0.2, 0.25) is 0 Å². The van der Waals surface area contributed by atoms with Gasteiger partial charge in [0.1, 0.15) is 17.9 Å². The Morgan fingerprint density at radius 1 is 0.930 bits per heavy atom. The van der Waals surface area contributed by atoms with Gasteiger partial charge in [-0.2, -0.15) is 0 Å². The zero-order chi connectivity index (χ0) is 40.4. The van der Waals surface area contributed by atoms with E-state index in [0.29, 0.717) is 56.7 Å². The van der Waals surface area contributed by atoms with Gasteiger partial charge in [-0.05, 0) is 87.6 Å². The molecule has 0 aliphatic carbocycles. The first-order valence-corrected chi connectivity index (χ1v) is 20.1. The molecule has 2 aromatic carbocycles. The van der Waals surface area contributed by atoms with Gasteiger partial charge in [0.25, 0.3) is 0 Å². The van der Waals surface area contributed by atoms with Gasteiger partial charge >= 0.3 is 6.09 Å². The number of aryl methyl sites for hydroxylation is 1. The van der Waals surface area contributed by atoms with Gasteiger partial charge in [0.15, 0.2) is 5.78 Å². The molecule has 57 heavy (non-hydrogen) atoms. The summed E-state index contributed by atoms with van der Waals surface area (Å²) >= 11 is 0. The van der Waals surface area contributed by atoms with Gasteiger partial charge in [-0.15, -0.1) is 0 Å². The van der Waals surface area contributed by atoms with Crippen LogP contribution in [0.4, 0.5) is 33.5 Å². The molecule has 3 aliphatic heterocycles. The Morgan fingerprint density at radius 3 is 2.39 bits per heavy atom. The number of rotatable bonds is 9. The standard InChI is InChI=1S/C44H54N8O5/c1-8-31-24-34(13-14-35(31)40(54)28(2)3)49-17-19-50(20-18-49)38(53)23-30-9-11-33(12-10-30)47-42-46-25-32-15-16-51(27-36(32)48-42)37-26-45-41-39(29(37)4)52(21-22-56-41)43(55)57-44(5,6)7/h9-14,24-26,28H,8,15-23,27H2,1-7H3,(H,46,47,48). The molecule has 0 spiro atoms. The molecular formula is C44H54N8O5. The number of pyridine rings is 1. The number of aromatic nitrogens is 3. The van der Waals surface area contributed by atoms with Crippen molar-refractivity contribution in [3.63, 3.8) is 0 Å². The summed E-state index contributed by atoms with van der Waals surface area (Å²) in [5.74, 6) is 1.18. The van der Waals surface area contributed by atoms with Crippen LogP contribution < -0.4 is 24.8 Å². The minimum atomic E-state index is -0.623. The summed E-state index contributed by atoms with van der Waals surface area (Å²) in [6.07, 6.45) is 5.18. The first kappa shape index (κ1) is 39.5.